The van der Waals surface area contributed by atoms with E-state index in [9.17, 15) is 9.59 Å². The van der Waals surface area contributed by atoms with Gasteiger partial charge >= 0.3 is 11.9 Å². The minimum Gasteiger partial charge on any atom is -0.463 e. The minimum absolute atomic E-state index is 0.0188. The Balaban J connectivity index is 1.39. The Kier molecular flexibility index (Phi) is 3.06. The molecule has 3 fully saturated rings. The molecule has 4 aliphatic rings. The van der Waals surface area contributed by atoms with Crippen LogP contribution in [-0.2, 0) is 23.8 Å². The number of hydrogen-bond donors (Lipinski definition) is 0. The Morgan fingerprint density at radius 1 is 1.14 bits per heavy atom. The zero-order valence-corrected chi connectivity index (χ0v) is 12.1. The van der Waals surface area contributed by atoms with Crippen LogP contribution in [-0.4, -0.2) is 37.4 Å². The molecule has 2 heterocycles. The highest BCUT2D eigenvalue weighted by Crippen LogP contribution is 2.61. The summed E-state index contributed by atoms with van der Waals surface area (Å²) in [5.74, 6) is 1.27. The summed E-state index contributed by atoms with van der Waals surface area (Å²) in [4.78, 5) is 23.5. The molecule has 0 amide bonds. The molecule has 2 aliphatic carbocycles. The summed E-state index contributed by atoms with van der Waals surface area (Å²) < 4.78 is 15.9. The van der Waals surface area contributed by atoms with Gasteiger partial charge in [0.1, 0.15) is 0 Å². The van der Waals surface area contributed by atoms with E-state index in [-0.39, 0.29) is 30.7 Å². The number of rotatable bonds is 4. The van der Waals surface area contributed by atoms with E-state index in [1.165, 1.54) is 6.42 Å². The molecule has 7 unspecified atom stereocenters. The molecule has 2 saturated heterocycles. The molecular formula is C16H20O5. The molecule has 0 aromatic rings. The van der Waals surface area contributed by atoms with Crippen molar-refractivity contribution in [1.29, 1.82) is 0 Å². The molecule has 4 bridgehead atoms. The van der Waals surface area contributed by atoms with Gasteiger partial charge in [-0.3, -0.25) is 4.79 Å². The molecular weight excluding hydrogens is 272 g/mol. The summed E-state index contributed by atoms with van der Waals surface area (Å²) in [5, 5.41) is 0. The van der Waals surface area contributed by atoms with E-state index < -0.39 is 5.97 Å². The summed E-state index contributed by atoms with van der Waals surface area (Å²) in [7, 11) is 0. The van der Waals surface area contributed by atoms with Gasteiger partial charge in [-0.25, -0.2) is 4.79 Å². The van der Waals surface area contributed by atoms with Crippen molar-refractivity contribution in [1.82, 2.24) is 0 Å². The van der Waals surface area contributed by atoms with Gasteiger partial charge in [0.2, 0.25) is 0 Å². The summed E-state index contributed by atoms with van der Waals surface area (Å²) in [6.45, 7) is 1.74. The van der Waals surface area contributed by atoms with Crippen LogP contribution in [0.4, 0.5) is 0 Å². The summed E-state index contributed by atoms with van der Waals surface area (Å²) >= 11 is 0. The first-order valence-corrected chi connectivity index (χ1v) is 7.85. The Morgan fingerprint density at radius 3 is 2.67 bits per heavy atom. The highest BCUT2D eigenvalue weighted by molar-refractivity contribution is 5.78. The van der Waals surface area contributed by atoms with Crippen molar-refractivity contribution >= 4 is 11.9 Å². The Labute approximate surface area is 123 Å². The van der Waals surface area contributed by atoms with Crippen LogP contribution in [0, 0.1) is 29.6 Å². The lowest BCUT2D eigenvalue weighted by molar-refractivity contribution is -0.162. The third kappa shape index (κ3) is 1.94. The third-order valence-electron chi connectivity index (χ3n) is 5.55. The number of fused-ring (bicyclic) bond motifs is 9. The second-order valence-electron chi connectivity index (χ2n) is 6.50. The first kappa shape index (κ1) is 13.3. The maximum absolute atomic E-state index is 12.2. The number of ether oxygens (including phenoxy) is 3. The van der Waals surface area contributed by atoms with Gasteiger partial charge < -0.3 is 14.2 Å². The molecule has 1 saturated carbocycles. The molecule has 0 radical (unpaired) electrons. The van der Waals surface area contributed by atoms with E-state index in [1.807, 2.05) is 0 Å². The van der Waals surface area contributed by atoms with Crippen LogP contribution in [0.15, 0.2) is 12.2 Å². The topological polar surface area (TPSA) is 61.8 Å². The van der Waals surface area contributed by atoms with Crippen LogP contribution >= 0.6 is 0 Å². The van der Waals surface area contributed by atoms with E-state index in [0.717, 1.165) is 6.42 Å². The van der Waals surface area contributed by atoms with Crippen LogP contribution in [0.1, 0.15) is 19.8 Å². The van der Waals surface area contributed by atoms with E-state index in [2.05, 4.69) is 12.2 Å². The molecule has 0 aromatic heterocycles. The number of allylic oxidation sites excluding steroid dienone is 2. The van der Waals surface area contributed by atoms with E-state index in [1.54, 1.807) is 6.92 Å². The SMILES string of the molecule is CCOC(=O)COC(=O)C1CC2OC1C1C3C=CC(C3)C21. The zero-order chi connectivity index (χ0) is 14.6. The molecule has 5 heteroatoms. The lowest BCUT2D eigenvalue weighted by Crippen LogP contribution is -2.40. The number of esters is 2. The number of carbonyl (C=O) groups excluding carboxylic acids is 2. The van der Waals surface area contributed by atoms with Crippen LogP contribution in [0.5, 0.6) is 0 Å². The Morgan fingerprint density at radius 2 is 1.90 bits per heavy atom. The first-order chi connectivity index (χ1) is 10.2. The lowest BCUT2D eigenvalue weighted by atomic mass is 9.69. The standard InChI is InChI=1S/C16H20O5/c1-2-19-12(17)7-20-16(18)10-6-11-13-8-3-4-9(5-8)14(13)15(10)21-11/h3-4,8-11,13-15H,2,5-7H2,1H3. The van der Waals surface area contributed by atoms with Crippen LogP contribution in [0.3, 0.4) is 0 Å². The molecule has 0 spiro atoms. The molecule has 7 atom stereocenters. The molecule has 4 rings (SSSR count). The molecule has 5 nitrogen and oxygen atoms in total. The highest BCUT2D eigenvalue weighted by atomic mass is 16.6. The second-order valence-corrected chi connectivity index (χ2v) is 6.50. The van der Waals surface area contributed by atoms with Gasteiger partial charge in [-0.2, -0.15) is 0 Å². The maximum atomic E-state index is 12.2. The van der Waals surface area contributed by atoms with Crippen LogP contribution < -0.4 is 0 Å². The third-order valence-corrected chi connectivity index (χ3v) is 5.55. The Hall–Kier alpha value is -1.36. The Bertz CT molecular complexity index is 499. The first-order valence-electron chi connectivity index (χ1n) is 7.85. The number of hydrogen-bond acceptors (Lipinski definition) is 5. The van der Waals surface area contributed by atoms with Crippen molar-refractivity contribution in [2.75, 3.05) is 13.2 Å². The summed E-state index contributed by atoms with van der Waals surface area (Å²) in [6, 6.07) is 0. The molecule has 21 heavy (non-hydrogen) atoms. The largest absolute Gasteiger partial charge is 0.463 e. The van der Waals surface area contributed by atoms with Gasteiger partial charge in [-0.1, -0.05) is 12.2 Å². The number of carbonyl (C=O) groups is 2. The average molecular weight is 292 g/mol. The average Bonchev–Trinajstić information content (AvgIpc) is 3.21. The monoisotopic (exact) mass is 292 g/mol. The lowest BCUT2D eigenvalue weighted by Gasteiger charge is -2.32. The van der Waals surface area contributed by atoms with Gasteiger partial charge in [0.05, 0.1) is 24.7 Å². The van der Waals surface area contributed by atoms with Gasteiger partial charge in [0.15, 0.2) is 6.61 Å². The normalized spacial score (nSPS) is 44.9. The maximum Gasteiger partial charge on any atom is 0.344 e. The van der Waals surface area contributed by atoms with Crippen LogP contribution in [0.2, 0.25) is 0 Å². The van der Waals surface area contributed by atoms with Gasteiger partial charge in [0.25, 0.3) is 0 Å². The fraction of sp³-hybridized carbons (Fsp3) is 0.750. The zero-order valence-electron chi connectivity index (χ0n) is 12.1. The van der Waals surface area contributed by atoms with Crippen molar-refractivity contribution in [2.45, 2.75) is 32.0 Å². The molecule has 0 aromatic carbocycles. The van der Waals surface area contributed by atoms with Crippen molar-refractivity contribution in [3.05, 3.63) is 12.2 Å². The second kappa shape index (κ2) is 4.83. The minimum atomic E-state index is -0.490. The fourth-order valence-electron chi connectivity index (χ4n) is 4.90. The molecule has 0 N–H and O–H groups in total. The van der Waals surface area contributed by atoms with Crippen molar-refractivity contribution in [3.63, 3.8) is 0 Å². The van der Waals surface area contributed by atoms with Crippen molar-refractivity contribution in [2.24, 2.45) is 29.6 Å². The van der Waals surface area contributed by atoms with Gasteiger partial charge in [0, 0.05) is 0 Å². The smallest absolute Gasteiger partial charge is 0.344 e. The van der Waals surface area contributed by atoms with E-state index in [4.69, 9.17) is 14.2 Å². The van der Waals surface area contributed by atoms with E-state index in [0.29, 0.717) is 30.3 Å². The van der Waals surface area contributed by atoms with Crippen molar-refractivity contribution in [3.8, 4) is 0 Å². The predicted molar refractivity (Wildman–Crippen MR) is 72.1 cm³/mol. The molecule has 2 aliphatic heterocycles. The van der Waals surface area contributed by atoms with Gasteiger partial charge in [-0.15, -0.1) is 0 Å². The van der Waals surface area contributed by atoms with Crippen molar-refractivity contribution < 1.29 is 23.8 Å². The fourth-order valence-corrected chi connectivity index (χ4v) is 4.90. The molecule has 114 valence electrons. The predicted octanol–water partition coefficient (Wildman–Crippen LogP) is 1.32. The summed E-state index contributed by atoms with van der Waals surface area (Å²) in [5.41, 5.74) is 0. The summed E-state index contributed by atoms with van der Waals surface area (Å²) in [6.07, 6.45) is 6.75. The van der Waals surface area contributed by atoms with E-state index >= 15 is 0 Å². The highest BCUT2D eigenvalue weighted by Gasteiger charge is 2.64. The quantitative estimate of drug-likeness (QED) is 0.577. The van der Waals surface area contributed by atoms with Gasteiger partial charge in [-0.05, 0) is 43.4 Å². The van der Waals surface area contributed by atoms with Crippen LogP contribution in [0.25, 0.3) is 0 Å².